The van der Waals surface area contributed by atoms with E-state index >= 15 is 0 Å². The van der Waals surface area contributed by atoms with Crippen LogP contribution in [0, 0.1) is 0 Å². The smallest absolute Gasteiger partial charge is 0.335 e. The lowest BCUT2D eigenvalue weighted by Crippen LogP contribution is -2.22. The quantitative estimate of drug-likeness (QED) is 0.869. The Labute approximate surface area is 135 Å². The normalized spacial score (nSPS) is 16.4. The molecular weight excluding hydrogens is 318 g/mol. The number of furan rings is 1. The summed E-state index contributed by atoms with van der Waals surface area (Å²) < 4.78 is 5.62. The summed E-state index contributed by atoms with van der Waals surface area (Å²) in [5.41, 5.74) is 0.778. The van der Waals surface area contributed by atoms with E-state index in [0.29, 0.717) is 17.1 Å². The molecule has 6 nitrogen and oxygen atoms in total. The molecule has 1 fully saturated rings. The molecule has 1 aromatic heterocycles. The van der Waals surface area contributed by atoms with Gasteiger partial charge >= 0.3 is 5.97 Å². The van der Waals surface area contributed by atoms with Crippen LogP contribution in [0.5, 0.6) is 0 Å². The minimum Gasteiger partial charge on any atom is -0.478 e. The average molecular weight is 329 g/mol. The van der Waals surface area contributed by atoms with E-state index in [1.165, 1.54) is 25.3 Å². The Hall–Kier alpha value is -2.80. The zero-order valence-electron chi connectivity index (χ0n) is 12.0. The van der Waals surface area contributed by atoms with Crippen molar-refractivity contribution in [1.29, 1.82) is 0 Å². The van der Waals surface area contributed by atoms with Gasteiger partial charge in [0.15, 0.2) is 0 Å². The highest BCUT2D eigenvalue weighted by molar-refractivity contribution is 8.18. The van der Waals surface area contributed by atoms with Crippen LogP contribution in [0.4, 0.5) is 4.79 Å². The van der Waals surface area contributed by atoms with Gasteiger partial charge in [0.1, 0.15) is 11.5 Å². The van der Waals surface area contributed by atoms with Crippen molar-refractivity contribution < 1.29 is 23.9 Å². The number of aromatic carboxylic acids is 1. The highest BCUT2D eigenvalue weighted by atomic mass is 32.2. The Balaban J connectivity index is 1.90. The second-order valence-corrected chi connectivity index (χ2v) is 5.82. The van der Waals surface area contributed by atoms with Gasteiger partial charge in [-0.25, -0.2) is 4.79 Å². The van der Waals surface area contributed by atoms with Gasteiger partial charge in [-0.1, -0.05) is 12.1 Å². The molecule has 1 aromatic carbocycles. The first kappa shape index (κ1) is 15.1. The summed E-state index contributed by atoms with van der Waals surface area (Å²) in [6, 6.07) is 9.70. The van der Waals surface area contributed by atoms with E-state index in [4.69, 9.17) is 9.52 Å². The predicted octanol–water partition coefficient (Wildman–Crippen LogP) is 3.31. The molecule has 1 aliphatic rings. The minimum atomic E-state index is -1.02. The van der Waals surface area contributed by atoms with Crippen LogP contribution in [0.2, 0.25) is 0 Å². The summed E-state index contributed by atoms with van der Waals surface area (Å²) in [5.74, 6) is -0.490. The molecule has 2 aromatic rings. The largest absolute Gasteiger partial charge is 0.478 e. The minimum absolute atomic E-state index is 0.160. The van der Waals surface area contributed by atoms with E-state index in [2.05, 4.69) is 0 Å². The first-order chi connectivity index (χ1) is 11.0. The average Bonchev–Trinajstić information content (AvgIpc) is 3.09. The van der Waals surface area contributed by atoms with Crippen molar-refractivity contribution in [2.75, 3.05) is 7.05 Å². The van der Waals surface area contributed by atoms with Gasteiger partial charge in [0.05, 0.1) is 10.5 Å². The lowest BCUT2D eigenvalue weighted by atomic mass is 10.1. The molecule has 0 spiro atoms. The molecule has 0 radical (unpaired) electrons. The molecule has 0 unspecified atom stereocenters. The number of imide groups is 1. The van der Waals surface area contributed by atoms with Gasteiger partial charge in [-0.15, -0.1) is 0 Å². The number of thioether (sulfide) groups is 1. The summed E-state index contributed by atoms with van der Waals surface area (Å²) in [6.45, 7) is 0. The molecule has 0 bridgehead atoms. The summed E-state index contributed by atoms with van der Waals surface area (Å²) in [5, 5.41) is 8.68. The van der Waals surface area contributed by atoms with E-state index in [9.17, 15) is 14.4 Å². The van der Waals surface area contributed by atoms with Crippen molar-refractivity contribution in [3.63, 3.8) is 0 Å². The number of likely N-dealkylation sites (N-methyl/N-ethyl adjacent to an activating group) is 1. The van der Waals surface area contributed by atoms with Crippen molar-refractivity contribution in [1.82, 2.24) is 4.90 Å². The molecule has 0 saturated carbocycles. The van der Waals surface area contributed by atoms with Crippen LogP contribution in [0.15, 0.2) is 45.7 Å². The van der Waals surface area contributed by atoms with Gasteiger partial charge in [0.25, 0.3) is 11.1 Å². The van der Waals surface area contributed by atoms with Gasteiger partial charge in [0.2, 0.25) is 0 Å². The summed E-state index contributed by atoms with van der Waals surface area (Å²) in [7, 11) is 1.42. The van der Waals surface area contributed by atoms with E-state index in [1.807, 2.05) is 0 Å². The molecule has 0 aliphatic carbocycles. The Morgan fingerprint density at radius 3 is 2.70 bits per heavy atom. The van der Waals surface area contributed by atoms with Crippen molar-refractivity contribution >= 4 is 35.0 Å². The van der Waals surface area contributed by atoms with Crippen LogP contribution >= 0.6 is 11.8 Å². The maximum absolute atomic E-state index is 11.8. The number of benzene rings is 1. The third kappa shape index (κ3) is 2.91. The molecule has 1 N–H and O–H groups in total. The number of amides is 2. The number of hydrogen-bond acceptors (Lipinski definition) is 5. The first-order valence-electron chi connectivity index (χ1n) is 6.61. The Kier molecular flexibility index (Phi) is 3.79. The van der Waals surface area contributed by atoms with Crippen molar-refractivity contribution in [3.8, 4) is 11.3 Å². The highest BCUT2D eigenvalue weighted by Gasteiger charge is 2.32. The molecule has 1 aliphatic heterocycles. The van der Waals surface area contributed by atoms with Crippen molar-refractivity contribution in [2.45, 2.75) is 0 Å². The number of carboxylic acids is 1. The third-order valence-corrected chi connectivity index (χ3v) is 4.24. The molecular formula is C16H11NO5S. The maximum Gasteiger partial charge on any atom is 0.335 e. The summed E-state index contributed by atoms with van der Waals surface area (Å²) >= 11 is 0.849. The summed E-state index contributed by atoms with van der Waals surface area (Å²) in [4.78, 5) is 35.6. The number of rotatable bonds is 3. The molecule has 7 heteroatoms. The molecule has 2 heterocycles. The standard InChI is InChI=1S/C16H11NO5S/c1-17-14(18)13(23-16(17)21)8-11-5-6-12(22-11)9-3-2-4-10(7-9)15(19)20/h2-8H,1H3,(H,19,20)/b13-8-. The fourth-order valence-corrected chi connectivity index (χ4v) is 2.87. The van der Waals surface area contributed by atoms with Crippen molar-refractivity contribution in [2.24, 2.45) is 0 Å². The second-order valence-electron chi connectivity index (χ2n) is 4.83. The second kappa shape index (κ2) is 5.77. The van der Waals surface area contributed by atoms with Crippen LogP contribution in [0.1, 0.15) is 16.1 Å². The van der Waals surface area contributed by atoms with E-state index in [-0.39, 0.29) is 21.6 Å². The maximum atomic E-state index is 11.8. The summed E-state index contributed by atoms with van der Waals surface area (Å²) in [6.07, 6.45) is 1.50. The van der Waals surface area contributed by atoms with Gasteiger partial charge < -0.3 is 9.52 Å². The third-order valence-electron chi connectivity index (χ3n) is 3.28. The van der Waals surface area contributed by atoms with Gasteiger partial charge in [0, 0.05) is 18.7 Å². The fourth-order valence-electron chi connectivity index (χ4n) is 2.07. The number of carbonyl (C=O) groups is 3. The first-order valence-corrected chi connectivity index (χ1v) is 7.42. The SMILES string of the molecule is CN1C(=O)S/C(=C\c2ccc(-c3cccc(C(=O)O)c3)o2)C1=O. The molecule has 3 rings (SSSR count). The topological polar surface area (TPSA) is 87.8 Å². The van der Waals surface area contributed by atoms with E-state index in [1.54, 1.807) is 24.3 Å². The van der Waals surface area contributed by atoms with Crippen LogP contribution in [-0.4, -0.2) is 34.2 Å². The number of nitrogens with zero attached hydrogens (tertiary/aromatic N) is 1. The zero-order chi connectivity index (χ0) is 16.6. The van der Waals surface area contributed by atoms with Crippen LogP contribution < -0.4 is 0 Å². The number of hydrogen-bond donors (Lipinski definition) is 1. The van der Waals surface area contributed by atoms with Crippen molar-refractivity contribution in [3.05, 3.63) is 52.6 Å². The lowest BCUT2D eigenvalue weighted by molar-refractivity contribution is -0.121. The zero-order valence-corrected chi connectivity index (χ0v) is 12.8. The van der Waals surface area contributed by atoms with Gasteiger partial charge in [-0.3, -0.25) is 14.5 Å². The van der Waals surface area contributed by atoms with Crippen LogP contribution in [-0.2, 0) is 4.79 Å². The molecule has 2 amide bonds. The monoisotopic (exact) mass is 329 g/mol. The Morgan fingerprint density at radius 1 is 1.26 bits per heavy atom. The molecule has 1 saturated heterocycles. The number of carboxylic acid groups (broad SMARTS) is 1. The van der Waals surface area contributed by atoms with Crippen LogP contribution in [0.25, 0.3) is 17.4 Å². The lowest BCUT2D eigenvalue weighted by Gasteiger charge is -2.00. The molecule has 116 valence electrons. The van der Waals surface area contributed by atoms with E-state index < -0.39 is 5.97 Å². The molecule has 23 heavy (non-hydrogen) atoms. The number of carbonyl (C=O) groups excluding carboxylic acids is 2. The van der Waals surface area contributed by atoms with E-state index in [0.717, 1.165) is 16.7 Å². The predicted molar refractivity (Wildman–Crippen MR) is 84.8 cm³/mol. The van der Waals surface area contributed by atoms with Gasteiger partial charge in [-0.05, 0) is 36.0 Å². The van der Waals surface area contributed by atoms with Crippen LogP contribution in [0.3, 0.4) is 0 Å². The molecule has 0 atom stereocenters. The highest BCUT2D eigenvalue weighted by Crippen LogP contribution is 2.32. The fraction of sp³-hybridized carbons (Fsp3) is 0.0625. The Morgan fingerprint density at radius 2 is 2.04 bits per heavy atom. The Bertz CT molecular complexity index is 852. The van der Waals surface area contributed by atoms with Gasteiger partial charge in [-0.2, -0.15) is 0 Å².